The summed E-state index contributed by atoms with van der Waals surface area (Å²) >= 11 is 12.6. The number of halogens is 4. The van der Waals surface area contributed by atoms with Crippen LogP contribution in [-0.2, 0) is 10.0 Å². The number of rotatable bonds is 8. The summed E-state index contributed by atoms with van der Waals surface area (Å²) in [4.78, 5) is 25.3. The third kappa shape index (κ3) is 4.65. The summed E-state index contributed by atoms with van der Waals surface area (Å²) in [6, 6.07) is 8.48. The number of methoxy groups -OCH3 is 1. The van der Waals surface area contributed by atoms with Crippen molar-refractivity contribution in [3.63, 3.8) is 0 Å². The second kappa shape index (κ2) is 9.30. The second-order valence-electron chi connectivity index (χ2n) is 9.32. The molecule has 1 aromatic heterocycles. The molecule has 3 fully saturated rings. The van der Waals surface area contributed by atoms with Crippen molar-refractivity contribution in [2.24, 2.45) is 5.41 Å². The molecule has 6 rings (SSSR count). The predicted octanol–water partition coefficient (Wildman–Crippen LogP) is 3.69. The van der Waals surface area contributed by atoms with Crippen LogP contribution in [0.5, 0.6) is 17.2 Å². The van der Waals surface area contributed by atoms with E-state index in [1.54, 1.807) is 4.98 Å². The number of nitrogens with zero attached hydrogens (tertiary/aromatic N) is 3. The SMILES string of the molecule is COc1ccc(Oc2c(Cl)cc(-n3nc(C(F)F)c(=O)[nH]c3=O)cc2Cl)cc1S(=O)(=O)NC12CC(C#N)(C1)C2. The normalized spacial score (nSPS) is 21.6. The van der Waals surface area contributed by atoms with Crippen molar-refractivity contribution in [1.82, 2.24) is 19.5 Å². The van der Waals surface area contributed by atoms with Gasteiger partial charge in [-0.25, -0.2) is 26.7 Å². The van der Waals surface area contributed by atoms with Crippen LogP contribution >= 0.6 is 23.2 Å². The molecule has 0 unspecified atom stereocenters. The average Bonchev–Trinajstić information content (AvgIpc) is 2.82. The number of H-pyrrole nitrogens is 1. The molecular weight excluding hydrogens is 583 g/mol. The molecule has 1 heterocycles. The number of sulfonamides is 1. The van der Waals surface area contributed by atoms with Crippen LogP contribution in [0.15, 0.2) is 44.8 Å². The van der Waals surface area contributed by atoms with E-state index in [9.17, 15) is 32.0 Å². The van der Waals surface area contributed by atoms with Gasteiger partial charge in [-0.2, -0.15) is 15.0 Å². The molecule has 3 aliphatic rings. The van der Waals surface area contributed by atoms with Gasteiger partial charge in [0.05, 0.1) is 34.3 Å². The van der Waals surface area contributed by atoms with Crippen LogP contribution in [0.3, 0.4) is 0 Å². The quantitative estimate of drug-likeness (QED) is 0.397. The minimum absolute atomic E-state index is 0.0122. The third-order valence-corrected chi connectivity index (χ3v) is 8.71. The van der Waals surface area contributed by atoms with E-state index in [0.29, 0.717) is 23.9 Å². The number of aromatic amines is 1. The van der Waals surface area contributed by atoms with Crippen LogP contribution in [0.2, 0.25) is 10.0 Å². The Kier molecular flexibility index (Phi) is 6.46. The summed E-state index contributed by atoms with van der Waals surface area (Å²) in [5, 5.41) is 12.3. The molecule has 0 atom stereocenters. The molecule has 0 aliphatic heterocycles. The molecular formula is C23H17Cl2F2N5O6S. The lowest BCUT2D eigenvalue weighted by Crippen LogP contribution is -2.74. The molecule has 3 aliphatic carbocycles. The van der Waals surface area contributed by atoms with Gasteiger partial charge in [0, 0.05) is 11.6 Å². The van der Waals surface area contributed by atoms with Gasteiger partial charge < -0.3 is 9.47 Å². The average molecular weight is 600 g/mol. The molecule has 2 N–H and O–H groups in total. The minimum Gasteiger partial charge on any atom is -0.495 e. The van der Waals surface area contributed by atoms with Gasteiger partial charge in [-0.15, -0.1) is 0 Å². The van der Waals surface area contributed by atoms with E-state index in [2.05, 4.69) is 15.9 Å². The first-order chi connectivity index (χ1) is 18.3. The van der Waals surface area contributed by atoms with Gasteiger partial charge >= 0.3 is 5.69 Å². The maximum absolute atomic E-state index is 13.2. The Balaban J connectivity index is 1.45. The summed E-state index contributed by atoms with van der Waals surface area (Å²) in [5.41, 5.74) is -4.89. The van der Waals surface area contributed by atoms with Crippen LogP contribution in [0.4, 0.5) is 8.78 Å². The Labute approximate surface area is 228 Å². The lowest BCUT2D eigenvalue weighted by molar-refractivity contribution is -0.0946. The first-order valence-corrected chi connectivity index (χ1v) is 13.4. The molecule has 11 nitrogen and oxygen atoms in total. The van der Waals surface area contributed by atoms with E-state index in [1.165, 1.54) is 25.3 Å². The molecule has 0 spiro atoms. The predicted molar refractivity (Wildman–Crippen MR) is 133 cm³/mol. The zero-order valence-corrected chi connectivity index (χ0v) is 22.1. The molecule has 2 bridgehead atoms. The summed E-state index contributed by atoms with van der Waals surface area (Å²) < 4.78 is 66.7. The van der Waals surface area contributed by atoms with Crippen molar-refractivity contribution in [2.75, 3.05) is 7.11 Å². The van der Waals surface area contributed by atoms with Crippen LogP contribution in [0, 0.1) is 16.7 Å². The van der Waals surface area contributed by atoms with Gasteiger partial charge in [0.15, 0.2) is 11.4 Å². The standard InChI is InChI=1S/C23H17Cl2F2N5O6S/c1-37-15-3-2-12(6-16(15)39(35,36)31-23-7-22(8-23,9-23)10-28)38-18-13(24)4-11(5-14(18)25)32-21(34)29-20(33)17(30-32)19(26)27/h2-6,19,31H,7-9H2,1H3,(H,29,33,34). The van der Waals surface area contributed by atoms with Crippen molar-refractivity contribution in [2.45, 2.75) is 36.1 Å². The second-order valence-corrected chi connectivity index (χ2v) is 11.8. The van der Waals surface area contributed by atoms with Crippen LogP contribution in [0.25, 0.3) is 5.69 Å². The van der Waals surface area contributed by atoms with E-state index in [-0.39, 0.29) is 37.9 Å². The minimum atomic E-state index is -4.08. The summed E-state index contributed by atoms with van der Waals surface area (Å²) in [7, 11) is -2.78. The van der Waals surface area contributed by atoms with E-state index in [0.717, 1.165) is 12.1 Å². The van der Waals surface area contributed by atoms with Gasteiger partial charge in [-0.3, -0.25) is 9.78 Å². The Morgan fingerprint density at radius 3 is 2.38 bits per heavy atom. The Morgan fingerprint density at radius 1 is 1.18 bits per heavy atom. The number of ether oxygens (including phenoxy) is 2. The molecule has 0 amide bonds. The summed E-state index contributed by atoms with van der Waals surface area (Å²) in [5.74, 6) is -0.0778. The zero-order chi connectivity index (χ0) is 28.3. The molecule has 39 heavy (non-hydrogen) atoms. The Hall–Kier alpha value is -3.51. The molecule has 3 aromatic rings. The summed E-state index contributed by atoms with van der Waals surface area (Å²) in [6.07, 6.45) is -1.96. The lowest BCUT2D eigenvalue weighted by atomic mass is 9.40. The van der Waals surface area contributed by atoms with Gasteiger partial charge in [0.2, 0.25) is 10.0 Å². The van der Waals surface area contributed by atoms with Crippen molar-refractivity contribution < 1.29 is 26.7 Å². The molecule has 3 saturated carbocycles. The van der Waals surface area contributed by atoms with Crippen molar-refractivity contribution >= 4 is 33.2 Å². The van der Waals surface area contributed by atoms with Crippen molar-refractivity contribution in [3.8, 4) is 29.0 Å². The number of alkyl halides is 2. The van der Waals surface area contributed by atoms with Gasteiger partial charge in [-0.05, 0) is 43.5 Å². The molecule has 0 radical (unpaired) electrons. The van der Waals surface area contributed by atoms with Crippen LogP contribution in [-0.4, -0.2) is 35.8 Å². The first-order valence-electron chi connectivity index (χ1n) is 11.1. The molecule has 204 valence electrons. The van der Waals surface area contributed by atoms with Gasteiger partial charge in [0.25, 0.3) is 12.0 Å². The smallest absolute Gasteiger partial charge is 0.349 e. The molecule has 16 heteroatoms. The summed E-state index contributed by atoms with van der Waals surface area (Å²) in [6.45, 7) is 0. The Bertz CT molecular complexity index is 1740. The Morgan fingerprint density at radius 2 is 1.82 bits per heavy atom. The number of nitrogens with one attached hydrogen (secondary N) is 2. The van der Waals surface area contributed by atoms with Gasteiger partial charge in [0.1, 0.15) is 16.4 Å². The highest BCUT2D eigenvalue weighted by atomic mass is 35.5. The van der Waals surface area contributed by atoms with Crippen LogP contribution < -0.4 is 25.4 Å². The third-order valence-electron chi connectivity index (χ3n) is 6.55. The monoisotopic (exact) mass is 599 g/mol. The maximum atomic E-state index is 13.2. The lowest BCUT2D eigenvalue weighted by Gasteiger charge is -2.66. The highest BCUT2D eigenvalue weighted by molar-refractivity contribution is 7.89. The van der Waals surface area contributed by atoms with Crippen LogP contribution in [0.1, 0.15) is 31.4 Å². The fraction of sp³-hybridized carbons (Fsp3) is 0.304. The van der Waals surface area contributed by atoms with Crippen molar-refractivity contribution in [1.29, 1.82) is 5.26 Å². The number of nitriles is 1. The first kappa shape index (κ1) is 27.1. The zero-order valence-electron chi connectivity index (χ0n) is 19.8. The van der Waals surface area contributed by atoms with E-state index in [4.69, 9.17) is 32.7 Å². The number of benzene rings is 2. The van der Waals surface area contributed by atoms with E-state index >= 15 is 0 Å². The molecule has 2 aromatic carbocycles. The maximum Gasteiger partial charge on any atom is 0.349 e. The molecule has 0 saturated heterocycles. The number of hydrogen-bond acceptors (Lipinski definition) is 8. The topological polar surface area (TPSA) is 156 Å². The highest BCUT2D eigenvalue weighted by Crippen LogP contribution is 2.67. The van der Waals surface area contributed by atoms with E-state index < -0.39 is 44.3 Å². The largest absolute Gasteiger partial charge is 0.495 e. The van der Waals surface area contributed by atoms with Crippen molar-refractivity contribution in [3.05, 3.63) is 66.9 Å². The number of hydrogen-bond donors (Lipinski definition) is 2. The fourth-order valence-electron chi connectivity index (χ4n) is 4.90. The van der Waals surface area contributed by atoms with E-state index in [1.807, 2.05) is 0 Å². The number of aromatic nitrogens is 3. The highest BCUT2D eigenvalue weighted by Gasteiger charge is 2.69. The van der Waals surface area contributed by atoms with Gasteiger partial charge in [-0.1, -0.05) is 23.2 Å². The fourth-order valence-corrected chi connectivity index (χ4v) is 7.04.